The van der Waals surface area contributed by atoms with Gasteiger partial charge in [0.05, 0.1) is 6.04 Å². The molecule has 0 saturated heterocycles. The molecule has 7 nitrogen and oxygen atoms in total. The van der Waals surface area contributed by atoms with E-state index in [1.54, 1.807) is 0 Å². The molecule has 1 amide bonds. The average molecular weight is 318 g/mol. The normalized spacial score (nSPS) is 14.2. The SMILES string of the molecule is CC(NS(=O)(=O)c1ccccc1F)C(=O)N[C@@H](C)C(=O)O. The van der Waals surface area contributed by atoms with Crippen LogP contribution < -0.4 is 10.0 Å². The van der Waals surface area contributed by atoms with E-state index in [2.05, 4.69) is 5.32 Å². The van der Waals surface area contributed by atoms with E-state index in [-0.39, 0.29) is 0 Å². The molecule has 0 aliphatic carbocycles. The first kappa shape index (κ1) is 17.1. The van der Waals surface area contributed by atoms with Crippen LogP contribution in [0.25, 0.3) is 0 Å². The molecule has 9 heteroatoms. The molecule has 0 aliphatic heterocycles. The fourth-order valence-electron chi connectivity index (χ4n) is 1.41. The van der Waals surface area contributed by atoms with Gasteiger partial charge in [-0.15, -0.1) is 0 Å². The summed E-state index contributed by atoms with van der Waals surface area (Å²) in [5, 5.41) is 10.8. The largest absolute Gasteiger partial charge is 0.480 e. The lowest BCUT2D eigenvalue weighted by molar-refractivity contribution is -0.141. The van der Waals surface area contributed by atoms with Crippen LogP contribution in [-0.2, 0) is 19.6 Å². The van der Waals surface area contributed by atoms with Crippen molar-refractivity contribution in [2.75, 3.05) is 0 Å². The summed E-state index contributed by atoms with van der Waals surface area (Å²) in [6, 6.07) is 2.29. The van der Waals surface area contributed by atoms with Crippen molar-refractivity contribution in [3.05, 3.63) is 30.1 Å². The van der Waals surface area contributed by atoms with Crippen molar-refractivity contribution in [1.29, 1.82) is 0 Å². The van der Waals surface area contributed by atoms with Crippen molar-refractivity contribution < 1.29 is 27.5 Å². The molecule has 0 saturated carbocycles. The summed E-state index contributed by atoms with van der Waals surface area (Å²) in [7, 11) is -4.22. The third kappa shape index (κ3) is 4.50. The Hall–Kier alpha value is -2.00. The third-order valence-corrected chi connectivity index (χ3v) is 4.15. The summed E-state index contributed by atoms with van der Waals surface area (Å²) in [4.78, 5) is 21.7. The lowest BCUT2D eigenvalue weighted by Crippen LogP contribution is -2.49. The Morgan fingerprint density at radius 3 is 2.29 bits per heavy atom. The highest BCUT2D eigenvalue weighted by Gasteiger charge is 2.26. The lowest BCUT2D eigenvalue weighted by atomic mass is 10.3. The highest BCUT2D eigenvalue weighted by atomic mass is 32.2. The van der Waals surface area contributed by atoms with Crippen LogP contribution in [0, 0.1) is 5.82 Å². The Morgan fingerprint density at radius 2 is 1.76 bits per heavy atom. The molecule has 0 fully saturated rings. The zero-order valence-corrected chi connectivity index (χ0v) is 12.1. The van der Waals surface area contributed by atoms with Crippen LogP contribution in [0.15, 0.2) is 29.2 Å². The Balaban J connectivity index is 2.83. The highest BCUT2D eigenvalue weighted by molar-refractivity contribution is 7.89. The number of sulfonamides is 1. The van der Waals surface area contributed by atoms with Crippen molar-refractivity contribution in [2.24, 2.45) is 0 Å². The molecule has 0 aromatic heterocycles. The number of carboxylic acid groups (broad SMARTS) is 1. The third-order valence-electron chi connectivity index (χ3n) is 2.58. The van der Waals surface area contributed by atoms with Crippen molar-refractivity contribution in [3.63, 3.8) is 0 Å². The second-order valence-electron chi connectivity index (χ2n) is 4.34. The van der Waals surface area contributed by atoms with Crippen molar-refractivity contribution in [3.8, 4) is 0 Å². The van der Waals surface area contributed by atoms with E-state index in [0.29, 0.717) is 0 Å². The molecule has 0 spiro atoms. The van der Waals surface area contributed by atoms with Crippen LogP contribution in [0.2, 0.25) is 0 Å². The molecule has 0 bridgehead atoms. The first-order valence-electron chi connectivity index (χ1n) is 5.95. The molecule has 3 N–H and O–H groups in total. The maximum atomic E-state index is 13.5. The molecule has 0 aliphatic rings. The van der Waals surface area contributed by atoms with Gasteiger partial charge >= 0.3 is 5.97 Å². The Morgan fingerprint density at radius 1 is 1.19 bits per heavy atom. The number of aliphatic carboxylic acids is 1. The summed E-state index contributed by atoms with van der Waals surface area (Å²) in [6.07, 6.45) is 0. The maximum Gasteiger partial charge on any atom is 0.325 e. The Bertz CT molecular complexity index is 647. The minimum atomic E-state index is -4.22. The number of hydrogen-bond acceptors (Lipinski definition) is 4. The minimum Gasteiger partial charge on any atom is -0.480 e. The van der Waals surface area contributed by atoms with Gasteiger partial charge < -0.3 is 10.4 Å². The molecule has 0 heterocycles. The van der Waals surface area contributed by atoms with Crippen LogP contribution in [0.1, 0.15) is 13.8 Å². The van der Waals surface area contributed by atoms with Gasteiger partial charge in [-0.2, -0.15) is 4.72 Å². The fourth-order valence-corrected chi connectivity index (χ4v) is 2.69. The van der Waals surface area contributed by atoms with Gasteiger partial charge in [0.25, 0.3) is 0 Å². The highest BCUT2D eigenvalue weighted by Crippen LogP contribution is 2.13. The number of nitrogens with one attached hydrogen (secondary N) is 2. The second-order valence-corrected chi connectivity index (χ2v) is 6.02. The molecule has 0 radical (unpaired) electrons. The number of rotatable bonds is 6. The number of carboxylic acids is 1. The molecule has 116 valence electrons. The van der Waals surface area contributed by atoms with Gasteiger partial charge in [-0.05, 0) is 26.0 Å². The molecule has 21 heavy (non-hydrogen) atoms. The standard InChI is InChI=1S/C12H15FN2O5S/c1-7(11(16)14-8(2)12(17)18)15-21(19,20)10-6-4-3-5-9(10)13/h3-8,15H,1-2H3,(H,14,16)(H,17,18)/t7?,8-/m0/s1. The zero-order chi connectivity index (χ0) is 16.2. The van der Waals surface area contributed by atoms with Crippen LogP contribution in [0.3, 0.4) is 0 Å². The molecular weight excluding hydrogens is 303 g/mol. The average Bonchev–Trinajstić information content (AvgIpc) is 2.38. The van der Waals surface area contributed by atoms with E-state index >= 15 is 0 Å². The molecular formula is C12H15FN2O5S. The van der Waals surface area contributed by atoms with Crippen molar-refractivity contribution in [2.45, 2.75) is 30.8 Å². The number of amides is 1. The summed E-state index contributed by atoms with van der Waals surface area (Å²) in [5.74, 6) is -3.03. The predicted molar refractivity (Wildman–Crippen MR) is 71.4 cm³/mol. The number of carbonyl (C=O) groups excluding carboxylic acids is 1. The van der Waals surface area contributed by atoms with Gasteiger partial charge in [-0.3, -0.25) is 9.59 Å². The van der Waals surface area contributed by atoms with E-state index < -0.39 is 44.7 Å². The number of benzene rings is 1. The van der Waals surface area contributed by atoms with E-state index in [0.717, 1.165) is 12.1 Å². The molecule has 1 rings (SSSR count). The summed E-state index contributed by atoms with van der Waals surface area (Å²) < 4.78 is 39.3. The van der Waals surface area contributed by atoms with Crippen LogP contribution >= 0.6 is 0 Å². The number of carbonyl (C=O) groups is 2. The van der Waals surface area contributed by atoms with E-state index in [4.69, 9.17) is 5.11 Å². The van der Waals surface area contributed by atoms with Gasteiger partial charge in [-0.25, -0.2) is 12.8 Å². The smallest absolute Gasteiger partial charge is 0.325 e. The summed E-state index contributed by atoms with van der Waals surface area (Å²) in [6.45, 7) is 2.46. The van der Waals surface area contributed by atoms with E-state index in [1.165, 1.54) is 26.0 Å². The first-order chi connectivity index (χ1) is 9.65. The van der Waals surface area contributed by atoms with Crippen molar-refractivity contribution >= 4 is 21.9 Å². The van der Waals surface area contributed by atoms with Gasteiger partial charge in [-0.1, -0.05) is 12.1 Å². The predicted octanol–water partition coefficient (Wildman–Crippen LogP) is 0.0818. The van der Waals surface area contributed by atoms with Crippen LogP contribution in [0.4, 0.5) is 4.39 Å². The van der Waals surface area contributed by atoms with E-state index in [1.807, 2.05) is 4.72 Å². The lowest BCUT2D eigenvalue weighted by Gasteiger charge is -2.16. The maximum absolute atomic E-state index is 13.5. The molecule has 1 unspecified atom stereocenters. The molecule has 2 atom stereocenters. The van der Waals surface area contributed by atoms with Crippen LogP contribution in [0.5, 0.6) is 0 Å². The van der Waals surface area contributed by atoms with E-state index in [9.17, 15) is 22.4 Å². The molecule has 1 aromatic rings. The zero-order valence-electron chi connectivity index (χ0n) is 11.3. The molecule has 1 aromatic carbocycles. The van der Waals surface area contributed by atoms with Crippen LogP contribution in [-0.4, -0.2) is 37.5 Å². The minimum absolute atomic E-state index is 0.587. The topological polar surface area (TPSA) is 113 Å². The summed E-state index contributed by atoms with van der Waals surface area (Å²) >= 11 is 0. The monoisotopic (exact) mass is 318 g/mol. The Labute approximate surface area is 121 Å². The van der Waals surface area contributed by atoms with Gasteiger partial charge in [0.1, 0.15) is 16.8 Å². The fraction of sp³-hybridized carbons (Fsp3) is 0.333. The second kappa shape index (κ2) is 6.64. The quantitative estimate of drug-likeness (QED) is 0.687. The van der Waals surface area contributed by atoms with Crippen molar-refractivity contribution in [1.82, 2.24) is 10.0 Å². The first-order valence-corrected chi connectivity index (χ1v) is 7.43. The number of hydrogen-bond donors (Lipinski definition) is 3. The van der Waals surface area contributed by atoms with Gasteiger partial charge in [0, 0.05) is 0 Å². The summed E-state index contributed by atoms with van der Waals surface area (Å²) in [5.41, 5.74) is 0. The van der Waals surface area contributed by atoms with Gasteiger partial charge in [0.2, 0.25) is 15.9 Å². The number of halogens is 1. The Kier molecular flexibility index (Phi) is 5.39. The van der Waals surface area contributed by atoms with Gasteiger partial charge in [0.15, 0.2) is 0 Å².